The number of hydrogen-bond acceptors (Lipinski definition) is 3. The fourth-order valence-electron chi connectivity index (χ4n) is 1.27. The third-order valence-corrected chi connectivity index (χ3v) is 1.99. The second kappa shape index (κ2) is 4.00. The zero-order chi connectivity index (χ0) is 12.5. The minimum absolute atomic E-state index is 0.0158. The van der Waals surface area contributed by atoms with Crippen LogP contribution >= 0.6 is 0 Å². The largest absolute Gasteiger partial charge is 0.431 e. The monoisotopic (exact) mass is 241 g/mol. The number of pyridine rings is 1. The van der Waals surface area contributed by atoms with E-state index in [2.05, 4.69) is 15.0 Å². The first-order valence-electron chi connectivity index (χ1n) is 4.55. The number of rotatable bonds is 1. The minimum Gasteiger partial charge on any atom is -0.349 e. The molecule has 0 aliphatic rings. The number of hydrogen-bond donors (Lipinski definition) is 1. The number of aromatic nitrogens is 3. The molecule has 0 fully saturated rings. The van der Waals surface area contributed by atoms with Crippen LogP contribution in [0.25, 0.3) is 11.4 Å². The highest BCUT2D eigenvalue weighted by atomic mass is 19.4. The molecule has 0 amide bonds. The molecule has 0 aromatic carbocycles. The fraction of sp³-hybridized carbons (Fsp3) is 0.100. The molecule has 0 radical (unpaired) electrons. The van der Waals surface area contributed by atoms with Gasteiger partial charge in [0.05, 0.1) is 11.9 Å². The average molecular weight is 241 g/mol. The van der Waals surface area contributed by atoms with Crippen LogP contribution in [0.4, 0.5) is 13.2 Å². The summed E-state index contributed by atoms with van der Waals surface area (Å²) in [6.45, 7) is 0. The van der Waals surface area contributed by atoms with E-state index in [9.17, 15) is 18.0 Å². The van der Waals surface area contributed by atoms with E-state index in [0.29, 0.717) is 6.07 Å². The summed E-state index contributed by atoms with van der Waals surface area (Å²) < 4.78 is 37.4. The summed E-state index contributed by atoms with van der Waals surface area (Å²) in [5, 5.41) is 0. The van der Waals surface area contributed by atoms with E-state index in [1.165, 1.54) is 18.6 Å². The molecular formula is C10H6F3N3O. The van der Waals surface area contributed by atoms with Crippen LogP contribution in [0.3, 0.4) is 0 Å². The normalized spacial score (nSPS) is 11.5. The van der Waals surface area contributed by atoms with Crippen molar-refractivity contribution >= 4 is 0 Å². The van der Waals surface area contributed by atoms with Gasteiger partial charge in [-0.1, -0.05) is 0 Å². The molecule has 0 bridgehead atoms. The first kappa shape index (κ1) is 11.3. The standard InChI is InChI=1S/C10H6F3N3O/c11-10(12,13)9-4-6(17)3-7(16-9)8-5-14-1-2-15-8/h1-5H,(H,16,17). The lowest BCUT2D eigenvalue weighted by molar-refractivity contribution is -0.141. The molecule has 0 spiro atoms. The maximum absolute atomic E-state index is 12.5. The van der Waals surface area contributed by atoms with Crippen molar-refractivity contribution < 1.29 is 13.2 Å². The maximum Gasteiger partial charge on any atom is 0.431 e. The summed E-state index contributed by atoms with van der Waals surface area (Å²) in [5.41, 5.74) is -1.68. The molecule has 0 aliphatic heterocycles. The number of H-pyrrole nitrogens is 1. The van der Waals surface area contributed by atoms with Crippen LogP contribution in [-0.4, -0.2) is 15.0 Å². The molecular weight excluding hydrogens is 235 g/mol. The van der Waals surface area contributed by atoms with Crippen molar-refractivity contribution in [2.75, 3.05) is 0 Å². The van der Waals surface area contributed by atoms with Crippen LogP contribution in [0.5, 0.6) is 0 Å². The Kier molecular flexibility index (Phi) is 2.66. The maximum atomic E-state index is 12.5. The Bertz CT molecular complexity index is 577. The van der Waals surface area contributed by atoms with Crippen molar-refractivity contribution in [3.05, 3.63) is 46.6 Å². The third-order valence-electron chi connectivity index (χ3n) is 1.99. The van der Waals surface area contributed by atoms with Crippen molar-refractivity contribution in [3.8, 4) is 11.4 Å². The summed E-state index contributed by atoms with van der Waals surface area (Å²) in [6.07, 6.45) is -0.619. The van der Waals surface area contributed by atoms with Crippen molar-refractivity contribution in [1.82, 2.24) is 15.0 Å². The van der Waals surface area contributed by atoms with Gasteiger partial charge in [-0.3, -0.25) is 14.8 Å². The molecule has 0 atom stereocenters. The van der Waals surface area contributed by atoms with E-state index in [1.807, 2.05) is 0 Å². The van der Waals surface area contributed by atoms with Gasteiger partial charge in [0.1, 0.15) is 11.4 Å². The Morgan fingerprint density at radius 3 is 2.53 bits per heavy atom. The minimum atomic E-state index is -4.60. The number of alkyl halides is 3. The van der Waals surface area contributed by atoms with Gasteiger partial charge in [-0.25, -0.2) is 0 Å². The lowest BCUT2D eigenvalue weighted by Gasteiger charge is -2.08. The Morgan fingerprint density at radius 1 is 1.18 bits per heavy atom. The van der Waals surface area contributed by atoms with Crippen molar-refractivity contribution in [3.63, 3.8) is 0 Å². The van der Waals surface area contributed by atoms with Crippen molar-refractivity contribution in [2.45, 2.75) is 6.18 Å². The van der Waals surface area contributed by atoms with Gasteiger partial charge in [0, 0.05) is 24.5 Å². The third kappa shape index (κ3) is 2.49. The average Bonchev–Trinajstić information content (AvgIpc) is 2.28. The molecule has 2 heterocycles. The molecule has 2 rings (SSSR count). The molecule has 4 nitrogen and oxygen atoms in total. The molecule has 0 saturated heterocycles. The van der Waals surface area contributed by atoms with Gasteiger partial charge in [0.15, 0.2) is 5.43 Å². The van der Waals surface area contributed by atoms with E-state index in [-0.39, 0.29) is 11.4 Å². The van der Waals surface area contributed by atoms with Crippen LogP contribution in [0.15, 0.2) is 35.5 Å². The molecule has 0 aliphatic carbocycles. The highest BCUT2D eigenvalue weighted by molar-refractivity contribution is 5.52. The number of aromatic amines is 1. The molecule has 88 valence electrons. The van der Waals surface area contributed by atoms with Crippen LogP contribution in [0.1, 0.15) is 5.69 Å². The molecule has 7 heteroatoms. The number of nitrogens with zero attached hydrogens (tertiary/aromatic N) is 2. The van der Waals surface area contributed by atoms with Gasteiger partial charge < -0.3 is 4.98 Å². The number of nitrogens with one attached hydrogen (secondary N) is 1. The first-order chi connectivity index (χ1) is 7.97. The van der Waals surface area contributed by atoms with Crippen LogP contribution in [0.2, 0.25) is 0 Å². The predicted molar refractivity (Wildman–Crippen MR) is 53.1 cm³/mol. The molecule has 17 heavy (non-hydrogen) atoms. The van der Waals surface area contributed by atoms with E-state index in [4.69, 9.17) is 0 Å². The van der Waals surface area contributed by atoms with Gasteiger partial charge in [-0.15, -0.1) is 0 Å². The second-order valence-corrected chi connectivity index (χ2v) is 3.23. The molecule has 2 aromatic heterocycles. The smallest absolute Gasteiger partial charge is 0.349 e. The predicted octanol–water partition coefficient (Wildman–Crippen LogP) is 1.85. The molecule has 0 unspecified atom stereocenters. The lowest BCUT2D eigenvalue weighted by Crippen LogP contribution is -2.13. The highest BCUT2D eigenvalue weighted by Gasteiger charge is 2.32. The van der Waals surface area contributed by atoms with Crippen molar-refractivity contribution in [1.29, 1.82) is 0 Å². The summed E-state index contributed by atoms with van der Waals surface area (Å²) in [6, 6.07) is 1.54. The SMILES string of the molecule is O=c1cc(-c2cnccn2)[nH]c(C(F)(F)F)c1. The van der Waals surface area contributed by atoms with E-state index in [1.54, 1.807) is 0 Å². The Morgan fingerprint density at radius 2 is 1.94 bits per heavy atom. The van der Waals surface area contributed by atoms with Gasteiger partial charge in [0.25, 0.3) is 0 Å². The lowest BCUT2D eigenvalue weighted by atomic mass is 10.2. The first-order valence-corrected chi connectivity index (χ1v) is 4.55. The van der Waals surface area contributed by atoms with Gasteiger partial charge in [0.2, 0.25) is 0 Å². The van der Waals surface area contributed by atoms with Gasteiger partial charge >= 0.3 is 6.18 Å². The number of halogens is 3. The van der Waals surface area contributed by atoms with E-state index in [0.717, 1.165) is 6.07 Å². The summed E-state index contributed by atoms with van der Waals surface area (Å²) in [4.78, 5) is 20.8. The van der Waals surface area contributed by atoms with Gasteiger partial charge in [-0.2, -0.15) is 13.2 Å². The highest BCUT2D eigenvalue weighted by Crippen LogP contribution is 2.27. The van der Waals surface area contributed by atoms with Crippen LogP contribution in [-0.2, 0) is 6.18 Å². The fourth-order valence-corrected chi connectivity index (χ4v) is 1.27. The van der Waals surface area contributed by atoms with E-state index < -0.39 is 17.3 Å². The summed E-state index contributed by atoms with van der Waals surface area (Å²) >= 11 is 0. The van der Waals surface area contributed by atoms with Crippen molar-refractivity contribution in [2.24, 2.45) is 0 Å². The van der Waals surface area contributed by atoms with Crippen LogP contribution < -0.4 is 5.43 Å². The summed E-state index contributed by atoms with van der Waals surface area (Å²) in [5.74, 6) is 0. The quantitative estimate of drug-likeness (QED) is 0.828. The van der Waals surface area contributed by atoms with Crippen LogP contribution in [0, 0.1) is 0 Å². The zero-order valence-electron chi connectivity index (χ0n) is 8.32. The molecule has 1 N–H and O–H groups in total. The van der Waals surface area contributed by atoms with E-state index >= 15 is 0 Å². The zero-order valence-corrected chi connectivity index (χ0v) is 8.32. The Labute approximate surface area is 93.2 Å². The van der Waals surface area contributed by atoms with Gasteiger partial charge in [-0.05, 0) is 0 Å². The second-order valence-electron chi connectivity index (χ2n) is 3.23. The summed E-state index contributed by atoms with van der Waals surface area (Å²) in [7, 11) is 0. The molecule has 0 saturated carbocycles. The topological polar surface area (TPSA) is 58.6 Å². The Balaban J connectivity index is 2.58. The Hall–Kier alpha value is -2.18. The molecule has 2 aromatic rings.